The van der Waals surface area contributed by atoms with E-state index in [1.165, 1.54) is 12.0 Å². The number of ether oxygens (including phenoxy) is 1. The lowest BCUT2D eigenvalue weighted by Gasteiger charge is -2.36. The first-order chi connectivity index (χ1) is 19.1. The van der Waals surface area contributed by atoms with E-state index in [0.717, 1.165) is 0 Å². The third-order valence-electron chi connectivity index (χ3n) is 6.92. The fourth-order valence-electron chi connectivity index (χ4n) is 4.92. The first-order valence-electron chi connectivity index (χ1n) is 12.8. The number of rotatable bonds is 8. The number of carbonyl (C=O) groups excluding carboxylic acids is 3. The summed E-state index contributed by atoms with van der Waals surface area (Å²) >= 11 is 6.09. The van der Waals surface area contributed by atoms with E-state index in [1.807, 2.05) is 0 Å². The first kappa shape index (κ1) is 29.1. The second kappa shape index (κ2) is 13.0. The molecule has 2 aliphatic rings. The third kappa shape index (κ3) is 7.20. The summed E-state index contributed by atoms with van der Waals surface area (Å²) in [5, 5.41) is 25.0. The number of methoxy groups -OCH3 is 1. The summed E-state index contributed by atoms with van der Waals surface area (Å²) in [6, 6.07) is 10.4. The summed E-state index contributed by atoms with van der Waals surface area (Å²) in [5.74, 6) is -1.15. The van der Waals surface area contributed by atoms with Crippen LogP contribution in [0.2, 0.25) is 5.02 Å². The summed E-state index contributed by atoms with van der Waals surface area (Å²) in [5.41, 5.74) is 1.44. The van der Waals surface area contributed by atoms with E-state index in [0.29, 0.717) is 53.9 Å². The number of carbonyl (C=O) groups is 4. The third-order valence-corrected chi connectivity index (χ3v) is 7.25. The molecular formula is C27H32ClN5O7. The van der Waals surface area contributed by atoms with Crippen LogP contribution in [0.4, 0.5) is 16.2 Å². The van der Waals surface area contributed by atoms with Crippen molar-refractivity contribution >= 4 is 46.8 Å². The van der Waals surface area contributed by atoms with Crippen molar-refractivity contribution in [1.29, 1.82) is 0 Å². The van der Waals surface area contributed by atoms with Gasteiger partial charge in [0.25, 0.3) is 0 Å². The summed E-state index contributed by atoms with van der Waals surface area (Å²) < 4.78 is 5.42. The maximum absolute atomic E-state index is 13.3. The monoisotopic (exact) mass is 573 g/mol. The lowest BCUT2D eigenvalue weighted by atomic mass is 10.1. The number of aliphatic hydroxyl groups excluding tert-OH is 1. The lowest BCUT2D eigenvalue weighted by molar-refractivity contribution is -0.145. The van der Waals surface area contributed by atoms with Crippen LogP contribution in [-0.2, 0) is 20.8 Å². The predicted molar refractivity (Wildman–Crippen MR) is 148 cm³/mol. The molecule has 40 heavy (non-hydrogen) atoms. The van der Waals surface area contributed by atoms with Gasteiger partial charge < -0.3 is 35.4 Å². The standard InChI is InChI=1S/C27H32ClN5O7/c1-40-23-12-17(6-7-21(23)30-27(39)29-20-5-3-2-4-19(20)28)13-24(35)33-15-18(34)14-22(33)26(38)32-10-8-31(9-11-32)16-25(36)37/h2-7,12,18,22,34H,8-11,13-16H2,1H3,(H,36,37)(H2,29,30,39)/t18-,22+/m1/s1. The zero-order valence-electron chi connectivity index (χ0n) is 22.0. The summed E-state index contributed by atoms with van der Waals surface area (Å²) in [6.45, 7) is 1.54. The van der Waals surface area contributed by atoms with Gasteiger partial charge in [-0.15, -0.1) is 0 Å². The number of urea groups is 1. The molecule has 2 atom stereocenters. The summed E-state index contributed by atoms with van der Waals surface area (Å²) in [7, 11) is 1.44. The fourth-order valence-corrected chi connectivity index (χ4v) is 5.10. The van der Waals surface area contributed by atoms with Gasteiger partial charge in [0.15, 0.2) is 0 Å². The van der Waals surface area contributed by atoms with Gasteiger partial charge in [-0.2, -0.15) is 0 Å². The molecule has 0 radical (unpaired) electrons. The van der Waals surface area contributed by atoms with Gasteiger partial charge in [-0.05, 0) is 29.8 Å². The van der Waals surface area contributed by atoms with Gasteiger partial charge in [-0.25, -0.2) is 4.79 Å². The van der Waals surface area contributed by atoms with Crippen LogP contribution in [0.25, 0.3) is 0 Å². The molecule has 2 heterocycles. The van der Waals surface area contributed by atoms with Crippen molar-refractivity contribution in [2.45, 2.75) is 25.0 Å². The number of hydrogen-bond donors (Lipinski definition) is 4. The van der Waals surface area contributed by atoms with Crippen molar-refractivity contribution in [3.63, 3.8) is 0 Å². The first-order valence-corrected chi connectivity index (χ1v) is 13.2. The van der Waals surface area contributed by atoms with Crippen LogP contribution in [0.15, 0.2) is 42.5 Å². The number of β-amino-alcohol motifs (C(OH)–C–C–N with tert-alkyl or cyclic N) is 1. The Morgan fingerprint density at radius 2 is 1.73 bits per heavy atom. The topological polar surface area (TPSA) is 152 Å². The van der Waals surface area contributed by atoms with Gasteiger partial charge in [-0.1, -0.05) is 29.8 Å². The van der Waals surface area contributed by atoms with Crippen LogP contribution >= 0.6 is 11.6 Å². The van der Waals surface area contributed by atoms with E-state index in [4.69, 9.17) is 21.4 Å². The number of para-hydroxylation sites is 1. The number of amides is 4. The Hall–Kier alpha value is -3.87. The molecular weight excluding hydrogens is 542 g/mol. The lowest BCUT2D eigenvalue weighted by Crippen LogP contribution is -2.55. The van der Waals surface area contributed by atoms with Crippen molar-refractivity contribution in [3.8, 4) is 5.75 Å². The Bertz CT molecular complexity index is 1270. The minimum Gasteiger partial charge on any atom is -0.495 e. The molecule has 0 aromatic heterocycles. The Morgan fingerprint density at radius 1 is 1.02 bits per heavy atom. The highest BCUT2D eigenvalue weighted by Gasteiger charge is 2.41. The number of hydrogen-bond acceptors (Lipinski definition) is 7. The van der Waals surface area contributed by atoms with Gasteiger partial charge in [0.1, 0.15) is 11.8 Å². The predicted octanol–water partition coefficient (Wildman–Crippen LogP) is 1.73. The van der Waals surface area contributed by atoms with Crippen LogP contribution in [0.5, 0.6) is 5.75 Å². The molecule has 0 saturated carbocycles. The fraction of sp³-hybridized carbons (Fsp3) is 0.407. The molecule has 214 valence electrons. The zero-order chi connectivity index (χ0) is 28.8. The number of nitrogens with zero attached hydrogens (tertiary/aromatic N) is 3. The number of nitrogens with one attached hydrogen (secondary N) is 2. The highest BCUT2D eigenvalue weighted by Crippen LogP contribution is 2.28. The van der Waals surface area contributed by atoms with Gasteiger partial charge in [0.2, 0.25) is 11.8 Å². The van der Waals surface area contributed by atoms with E-state index < -0.39 is 24.1 Å². The molecule has 2 fully saturated rings. The number of carboxylic acid groups (broad SMARTS) is 1. The highest BCUT2D eigenvalue weighted by molar-refractivity contribution is 6.33. The van der Waals surface area contributed by atoms with Gasteiger partial charge in [0, 0.05) is 39.1 Å². The molecule has 0 spiro atoms. The highest BCUT2D eigenvalue weighted by atomic mass is 35.5. The van der Waals surface area contributed by atoms with E-state index in [1.54, 1.807) is 52.3 Å². The van der Waals surface area contributed by atoms with E-state index >= 15 is 0 Å². The number of likely N-dealkylation sites (tertiary alicyclic amines) is 1. The van der Waals surface area contributed by atoms with Crippen molar-refractivity contribution in [2.75, 3.05) is 57.0 Å². The zero-order valence-corrected chi connectivity index (χ0v) is 22.8. The molecule has 0 unspecified atom stereocenters. The number of carboxylic acids is 1. The molecule has 12 nitrogen and oxygen atoms in total. The smallest absolute Gasteiger partial charge is 0.323 e. The normalized spacial score (nSPS) is 19.3. The number of anilines is 2. The van der Waals surface area contributed by atoms with Gasteiger partial charge >= 0.3 is 12.0 Å². The van der Waals surface area contributed by atoms with Crippen LogP contribution < -0.4 is 15.4 Å². The molecule has 2 aromatic rings. The average molecular weight is 574 g/mol. The number of benzene rings is 2. The maximum atomic E-state index is 13.3. The molecule has 13 heteroatoms. The van der Waals surface area contributed by atoms with Gasteiger partial charge in [-0.3, -0.25) is 19.3 Å². The van der Waals surface area contributed by atoms with Crippen LogP contribution in [-0.4, -0.2) is 107 Å². The Labute approximate surface area is 236 Å². The number of aliphatic carboxylic acids is 1. The summed E-state index contributed by atoms with van der Waals surface area (Å²) in [6.07, 6.45) is -0.707. The molecule has 4 N–H and O–H groups in total. The molecule has 2 saturated heterocycles. The molecule has 0 bridgehead atoms. The minimum atomic E-state index is -0.920. The van der Waals surface area contributed by atoms with Gasteiger partial charge in [0.05, 0.1) is 42.6 Å². The number of halogens is 1. The van der Waals surface area contributed by atoms with E-state index in [2.05, 4.69) is 10.6 Å². The molecule has 0 aliphatic carbocycles. The van der Waals surface area contributed by atoms with E-state index in [9.17, 15) is 24.3 Å². The molecule has 2 aromatic carbocycles. The van der Waals surface area contributed by atoms with Crippen LogP contribution in [0.3, 0.4) is 0 Å². The molecule has 4 rings (SSSR count). The summed E-state index contributed by atoms with van der Waals surface area (Å²) in [4.78, 5) is 54.7. The van der Waals surface area contributed by atoms with Crippen LogP contribution in [0.1, 0.15) is 12.0 Å². The van der Waals surface area contributed by atoms with E-state index in [-0.39, 0.29) is 37.7 Å². The Morgan fingerprint density at radius 3 is 2.40 bits per heavy atom. The Balaban J connectivity index is 1.38. The van der Waals surface area contributed by atoms with Crippen molar-refractivity contribution in [1.82, 2.24) is 14.7 Å². The van der Waals surface area contributed by atoms with Crippen molar-refractivity contribution in [2.24, 2.45) is 0 Å². The quantitative estimate of drug-likeness (QED) is 0.373. The molecule has 4 amide bonds. The second-order valence-electron chi connectivity index (χ2n) is 9.72. The van der Waals surface area contributed by atoms with Crippen LogP contribution in [0, 0.1) is 0 Å². The largest absolute Gasteiger partial charge is 0.495 e. The number of piperazine rings is 1. The van der Waals surface area contributed by atoms with Crippen molar-refractivity contribution < 1.29 is 34.1 Å². The Kier molecular flexibility index (Phi) is 9.46. The minimum absolute atomic E-state index is 0.0364. The maximum Gasteiger partial charge on any atom is 0.323 e. The average Bonchev–Trinajstić information content (AvgIpc) is 3.32. The number of aliphatic hydroxyl groups is 1. The molecule has 2 aliphatic heterocycles. The second-order valence-corrected chi connectivity index (χ2v) is 10.1. The van der Waals surface area contributed by atoms with Crippen molar-refractivity contribution in [3.05, 3.63) is 53.1 Å². The SMILES string of the molecule is COc1cc(CC(=O)N2C[C@H](O)C[C@H]2C(=O)N2CCN(CC(=O)O)CC2)ccc1NC(=O)Nc1ccccc1Cl.